The first-order valence-electron chi connectivity index (χ1n) is 8.56. The van der Waals surface area contributed by atoms with E-state index in [-0.39, 0.29) is 11.5 Å². The minimum atomic E-state index is -0.117. The molecule has 0 spiro atoms. The van der Waals surface area contributed by atoms with Gasteiger partial charge in [-0.3, -0.25) is 4.79 Å². The van der Waals surface area contributed by atoms with Gasteiger partial charge in [0.05, 0.1) is 32.1 Å². The van der Waals surface area contributed by atoms with Gasteiger partial charge in [-0.05, 0) is 47.7 Å². The van der Waals surface area contributed by atoms with Crippen molar-refractivity contribution in [3.8, 4) is 22.9 Å². The summed E-state index contributed by atoms with van der Waals surface area (Å²) in [4.78, 5) is 12.7. The van der Waals surface area contributed by atoms with E-state index in [0.717, 1.165) is 0 Å². The molecular weight excluding hydrogens is 380 g/mol. The van der Waals surface area contributed by atoms with Gasteiger partial charge in [-0.15, -0.1) is 5.10 Å². The molecule has 0 N–H and O–H groups in total. The molecule has 2 aromatic carbocycles. The fraction of sp³-hybridized carbons (Fsp3) is 0.263. The molecule has 1 aromatic heterocycles. The van der Waals surface area contributed by atoms with Crippen LogP contribution in [0.1, 0.15) is 17.3 Å². The van der Waals surface area contributed by atoms with E-state index in [1.165, 1.54) is 18.9 Å². The lowest BCUT2D eigenvalue weighted by atomic mass is 10.1. The van der Waals surface area contributed by atoms with Gasteiger partial charge in [0.2, 0.25) is 5.16 Å². The van der Waals surface area contributed by atoms with E-state index in [1.54, 1.807) is 30.0 Å². The van der Waals surface area contributed by atoms with Crippen LogP contribution in [0.15, 0.2) is 47.6 Å². The molecule has 1 heterocycles. The lowest BCUT2D eigenvalue weighted by molar-refractivity contribution is 0.101. The quantitative estimate of drug-likeness (QED) is 0.400. The minimum Gasteiger partial charge on any atom is -0.497 e. The largest absolute Gasteiger partial charge is 0.497 e. The molecule has 0 unspecified atom stereocenters. The highest BCUT2D eigenvalue weighted by atomic mass is 32.2. The van der Waals surface area contributed by atoms with E-state index in [1.807, 2.05) is 31.2 Å². The van der Waals surface area contributed by atoms with E-state index in [0.29, 0.717) is 40.3 Å². The highest BCUT2D eigenvalue weighted by Crippen LogP contribution is 2.28. The summed E-state index contributed by atoms with van der Waals surface area (Å²) in [7, 11) is 3.08. The number of ketones is 1. The lowest BCUT2D eigenvalue weighted by Crippen LogP contribution is -2.08. The Balaban J connectivity index is 1.81. The summed E-state index contributed by atoms with van der Waals surface area (Å²) in [6, 6.07) is 12.6. The number of nitrogens with zero attached hydrogens (tertiary/aromatic N) is 4. The number of thioether (sulfide) groups is 1. The van der Waals surface area contributed by atoms with Crippen molar-refractivity contribution < 1.29 is 19.0 Å². The van der Waals surface area contributed by atoms with E-state index < -0.39 is 0 Å². The molecule has 8 nitrogen and oxygen atoms in total. The van der Waals surface area contributed by atoms with Crippen molar-refractivity contribution in [3.63, 3.8) is 0 Å². The first kappa shape index (κ1) is 19.7. The molecule has 0 aliphatic carbocycles. The zero-order chi connectivity index (χ0) is 19.9. The minimum absolute atomic E-state index is 0.117. The highest BCUT2D eigenvalue weighted by Gasteiger charge is 2.18. The van der Waals surface area contributed by atoms with Crippen LogP contribution in [-0.4, -0.2) is 52.6 Å². The molecule has 0 saturated carbocycles. The average molecular weight is 400 g/mol. The molecule has 0 radical (unpaired) electrons. The number of aromatic nitrogens is 4. The van der Waals surface area contributed by atoms with Crippen LogP contribution in [0.2, 0.25) is 0 Å². The molecule has 0 saturated heterocycles. The number of carbonyl (C=O) groups is 1. The number of benzene rings is 2. The number of methoxy groups -OCH3 is 2. The van der Waals surface area contributed by atoms with Gasteiger partial charge >= 0.3 is 0 Å². The molecule has 3 rings (SSSR count). The molecule has 3 aromatic rings. The van der Waals surface area contributed by atoms with Gasteiger partial charge in [-0.1, -0.05) is 23.9 Å². The van der Waals surface area contributed by atoms with Crippen molar-refractivity contribution in [2.24, 2.45) is 0 Å². The Hall–Kier alpha value is -3.07. The second-order valence-electron chi connectivity index (χ2n) is 5.55. The maximum Gasteiger partial charge on any atom is 0.214 e. The van der Waals surface area contributed by atoms with Crippen LogP contribution >= 0.6 is 11.8 Å². The van der Waals surface area contributed by atoms with E-state index in [4.69, 9.17) is 14.2 Å². The summed E-state index contributed by atoms with van der Waals surface area (Å²) in [6.07, 6.45) is 0. The average Bonchev–Trinajstić information content (AvgIpc) is 3.20. The van der Waals surface area contributed by atoms with Gasteiger partial charge in [0.15, 0.2) is 5.78 Å². The van der Waals surface area contributed by atoms with Gasteiger partial charge < -0.3 is 14.2 Å². The van der Waals surface area contributed by atoms with Crippen molar-refractivity contribution in [1.82, 2.24) is 20.2 Å². The molecule has 0 fully saturated rings. The summed E-state index contributed by atoms with van der Waals surface area (Å²) in [5, 5.41) is 12.3. The van der Waals surface area contributed by atoms with Crippen molar-refractivity contribution >= 4 is 17.5 Å². The molecule has 0 aliphatic rings. The molecule has 0 aliphatic heterocycles. The van der Waals surface area contributed by atoms with Crippen molar-refractivity contribution in [2.75, 3.05) is 26.6 Å². The Kier molecular flexibility index (Phi) is 6.49. The Labute approximate surface area is 166 Å². The van der Waals surface area contributed by atoms with Crippen LogP contribution in [0.4, 0.5) is 0 Å². The van der Waals surface area contributed by atoms with Crippen LogP contribution in [0.5, 0.6) is 17.2 Å². The molecule has 28 heavy (non-hydrogen) atoms. The summed E-state index contributed by atoms with van der Waals surface area (Å²) in [6.45, 7) is 2.43. The van der Waals surface area contributed by atoms with E-state index in [9.17, 15) is 4.79 Å². The standard InChI is InChI=1S/C19H20N4O4S/c1-4-27-18-8-6-5-7-15(18)23-19(20-21-22-23)28-12-16(24)14-11-13(25-2)9-10-17(14)26-3/h5-11H,4,12H2,1-3H3. The first-order chi connectivity index (χ1) is 13.7. The molecule has 0 atom stereocenters. The van der Waals surface area contributed by atoms with Crippen molar-refractivity contribution in [2.45, 2.75) is 12.1 Å². The molecule has 146 valence electrons. The van der Waals surface area contributed by atoms with E-state index >= 15 is 0 Å². The SMILES string of the molecule is CCOc1ccccc1-n1nnnc1SCC(=O)c1cc(OC)ccc1OC. The maximum absolute atomic E-state index is 12.7. The predicted molar refractivity (Wildman–Crippen MR) is 105 cm³/mol. The number of Topliss-reactive ketones (excluding diaryl/α,β-unsaturated/α-hetero) is 1. The third-order valence-electron chi connectivity index (χ3n) is 3.87. The Morgan fingerprint density at radius 1 is 1.11 bits per heavy atom. The van der Waals surface area contributed by atoms with Gasteiger partial charge in [0.1, 0.15) is 22.9 Å². The zero-order valence-electron chi connectivity index (χ0n) is 15.8. The van der Waals surface area contributed by atoms with Crippen LogP contribution < -0.4 is 14.2 Å². The summed E-state index contributed by atoms with van der Waals surface area (Å²) in [5.41, 5.74) is 1.16. The lowest BCUT2D eigenvalue weighted by Gasteiger charge is -2.11. The summed E-state index contributed by atoms with van der Waals surface area (Å²) < 4.78 is 17.7. The number of carbonyl (C=O) groups excluding carboxylic acids is 1. The smallest absolute Gasteiger partial charge is 0.214 e. The number of para-hydroxylation sites is 2. The number of hydrogen-bond donors (Lipinski definition) is 0. The first-order valence-corrected chi connectivity index (χ1v) is 9.55. The molecule has 9 heteroatoms. The van der Waals surface area contributed by atoms with Crippen LogP contribution in [0.25, 0.3) is 5.69 Å². The van der Waals surface area contributed by atoms with Gasteiger partial charge in [-0.25, -0.2) is 0 Å². The topological polar surface area (TPSA) is 88.4 Å². The third kappa shape index (κ3) is 4.25. The van der Waals surface area contributed by atoms with Crippen LogP contribution in [0, 0.1) is 0 Å². The maximum atomic E-state index is 12.7. The zero-order valence-corrected chi connectivity index (χ0v) is 16.6. The monoisotopic (exact) mass is 400 g/mol. The molecule has 0 bridgehead atoms. The predicted octanol–water partition coefficient (Wildman–Crippen LogP) is 3.05. The van der Waals surface area contributed by atoms with Gasteiger partial charge in [0, 0.05) is 0 Å². The second-order valence-corrected chi connectivity index (χ2v) is 6.49. The van der Waals surface area contributed by atoms with E-state index in [2.05, 4.69) is 15.5 Å². The molecular formula is C19H20N4O4S. The highest BCUT2D eigenvalue weighted by molar-refractivity contribution is 7.99. The van der Waals surface area contributed by atoms with Crippen molar-refractivity contribution in [3.05, 3.63) is 48.0 Å². The third-order valence-corrected chi connectivity index (χ3v) is 4.79. The summed E-state index contributed by atoms with van der Waals surface area (Å²) >= 11 is 1.24. The van der Waals surface area contributed by atoms with Crippen LogP contribution in [-0.2, 0) is 0 Å². The number of rotatable bonds is 9. The second kappa shape index (κ2) is 9.23. The van der Waals surface area contributed by atoms with Gasteiger partial charge in [-0.2, -0.15) is 4.68 Å². The number of tetrazole rings is 1. The van der Waals surface area contributed by atoms with Crippen LogP contribution in [0.3, 0.4) is 0 Å². The number of ether oxygens (including phenoxy) is 3. The Morgan fingerprint density at radius 3 is 2.68 bits per heavy atom. The Morgan fingerprint density at radius 2 is 1.93 bits per heavy atom. The fourth-order valence-corrected chi connectivity index (χ4v) is 3.34. The van der Waals surface area contributed by atoms with Gasteiger partial charge in [0.25, 0.3) is 0 Å². The normalized spacial score (nSPS) is 10.5. The number of hydrogen-bond acceptors (Lipinski definition) is 8. The fourth-order valence-electron chi connectivity index (χ4n) is 2.57. The summed E-state index contributed by atoms with van der Waals surface area (Å²) in [5.74, 6) is 1.77. The molecule has 0 amide bonds. The Bertz CT molecular complexity index is 961. The van der Waals surface area contributed by atoms with Crippen molar-refractivity contribution in [1.29, 1.82) is 0 Å².